The summed E-state index contributed by atoms with van der Waals surface area (Å²) in [5.41, 5.74) is 0.566. The third-order valence-corrected chi connectivity index (χ3v) is 3.31. The first kappa shape index (κ1) is 14.3. The van der Waals surface area contributed by atoms with Crippen LogP contribution in [-0.4, -0.2) is 59.8 Å². The Balaban J connectivity index is 2.07. The van der Waals surface area contributed by atoms with Gasteiger partial charge in [0.1, 0.15) is 12.4 Å². The fourth-order valence-corrected chi connectivity index (χ4v) is 2.03. The van der Waals surface area contributed by atoms with Gasteiger partial charge in [0.25, 0.3) is 5.91 Å². The lowest BCUT2D eigenvalue weighted by molar-refractivity contribution is -0.133. The van der Waals surface area contributed by atoms with Gasteiger partial charge in [-0.25, -0.2) is 4.98 Å². The summed E-state index contributed by atoms with van der Waals surface area (Å²) >= 11 is 0. The summed E-state index contributed by atoms with van der Waals surface area (Å²) in [6.45, 7) is 4.18. The van der Waals surface area contributed by atoms with E-state index < -0.39 is 0 Å². The molecule has 0 aliphatic carbocycles. The van der Waals surface area contributed by atoms with E-state index in [9.17, 15) is 9.59 Å². The van der Waals surface area contributed by atoms with Gasteiger partial charge in [-0.3, -0.25) is 9.59 Å². The second kappa shape index (κ2) is 6.36. The first-order valence-corrected chi connectivity index (χ1v) is 6.85. The highest BCUT2D eigenvalue weighted by molar-refractivity contribution is 5.97. The lowest BCUT2D eigenvalue weighted by Gasteiger charge is -2.32. The lowest BCUT2D eigenvalue weighted by Crippen LogP contribution is -2.50. The maximum Gasteiger partial charge on any atom is 0.254 e. The Morgan fingerprint density at radius 1 is 1.45 bits per heavy atom. The van der Waals surface area contributed by atoms with Gasteiger partial charge in [0.2, 0.25) is 5.91 Å². The summed E-state index contributed by atoms with van der Waals surface area (Å²) in [5, 5.41) is 3.15. The van der Waals surface area contributed by atoms with Crippen molar-refractivity contribution in [2.75, 3.05) is 38.5 Å². The van der Waals surface area contributed by atoms with Gasteiger partial charge in [0.05, 0.1) is 0 Å². The number of pyridine rings is 1. The molecule has 0 atom stereocenters. The number of nitrogens with zero attached hydrogens (tertiary/aromatic N) is 3. The summed E-state index contributed by atoms with van der Waals surface area (Å²) in [6.07, 6.45) is 2.61. The first-order valence-electron chi connectivity index (χ1n) is 6.85. The van der Waals surface area contributed by atoms with Gasteiger partial charge in [0, 0.05) is 38.4 Å². The molecule has 0 spiro atoms. The third kappa shape index (κ3) is 3.26. The van der Waals surface area contributed by atoms with Gasteiger partial charge < -0.3 is 15.1 Å². The molecule has 0 aromatic carbocycles. The van der Waals surface area contributed by atoms with Crippen molar-refractivity contribution in [3.63, 3.8) is 0 Å². The van der Waals surface area contributed by atoms with E-state index in [1.807, 2.05) is 0 Å². The zero-order valence-corrected chi connectivity index (χ0v) is 11.9. The number of hydrogen-bond acceptors (Lipinski definition) is 4. The SMILES string of the molecule is CCCNc1cc(C(=O)N2CCN(C)C(=O)C2)ccn1. The molecular weight excluding hydrogens is 256 g/mol. The Hall–Kier alpha value is -2.11. The molecule has 1 N–H and O–H groups in total. The van der Waals surface area contributed by atoms with E-state index in [1.165, 1.54) is 0 Å². The molecule has 6 nitrogen and oxygen atoms in total. The number of anilines is 1. The van der Waals surface area contributed by atoms with Crippen molar-refractivity contribution in [3.05, 3.63) is 23.9 Å². The number of hydrogen-bond donors (Lipinski definition) is 1. The monoisotopic (exact) mass is 276 g/mol. The summed E-state index contributed by atoms with van der Waals surface area (Å²) in [4.78, 5) is 31.4. The van der Waals surface area contributed by atoms with Crippen LogP contribution < -0.4 is 5.32 Å². The van der Waals surface area contributed by atoms with Crippen molar-refractivity contribution in [1.82, 2.24) is 14.8 Å². The number of carbonyl (C=O) groups is 2. The molecule has 2 heterocycles. The number of carbonyl (C=O) groups excluding carboxylic acids is 2. The Bertz CT molecular complexity index is 504. The Labute approximate surface area is 118 Å². The Morgan fingerprint density at radius 2 is 2.25 bits per heavy atom. The van der Waals surface area contributed by atoms with E-state index in [2.05, 4.69) is 17.2 Å². The Kier molecular flexibility index (Phi) is 4.55. The molecule has 1 aromatic heterocycles. The number of nitrogens with one attached hydrogen (secondary N) is 1. The molecule has 0 saturated carbocycles. The van der Waals surface area contributed by atoms with Crippen LogP contribution >= 0.6 is 0 Å². The molecule has 1 aliphatic rings. The van der Waals surface area contributed by atoms with E-state index >= 15 is 0 Å². The highest BCUT2D eigenvalue weighted by atomic mass is 16.2. The predicted molar refractivity (Wildman–Crippen MR) is 76.6 cm³/mol. The fraction of sp³-hybridized carbons (Fsp3) is 0.500. The standard InChI is InChI=1S/C14H20N4O2/c1-3-5-15-12-9-11(4-6-16-12)14(20)18-8-7-17(2)13(19)10-18/h4,6,9H,3,5,7-8,10H2,1-2H3,(H,15,16). The van der Waals surface area contributed by atoms with E-state index in [4.69, 9.17) is 0 Å². The molecule has 1 saturated heterocycles. The maximum atomic E-state index is 12.4. The largest absolute Gasteiger partial charge is 0.370 e. The maximum absolute atomic E-state index is 12.4. The van der Waals surface area contributed by atoms with Gasteiger partial charge in [0.15, 0.2) is 0 Å². The van der Waals surface area contributed by atoms with Crippen LogP contribution in [0.5, 0.6) is 0 Å². The van der Waals surface area contributed by atoms with Crippen LogP contribution in [0.25, 0.3) is 0 Å². The molecule has 6 heteroatoms. The second-order valence-electron chi connectivity index (χ2n) is 4.90. The van der Waals surface area contributed by atoms with Crippen molar-refractivity contribution in [2.24, 2.45) is 0 Å². The van der Waals surface area contributed by atoms with Crippen molar-refractivity contribution >= 4 is 17.6 Å². The van der Waals surface area contributed by atoms with Gasteiger partial charge >= 0.3 is 0 Å². The van der Waals surface area contributed by atoms with Crippen LogP contribution in [0.1, 0.15) is 23.7 Å². The Morgan fingerprint density at radius 3 is 2.95 bits per heavy atom. The molecule has 0 unspecified atom stereocenters. The average Bonchev–Trinajstić information content (AvgIpc) is 2.47. The lowest BCUT2D eigenvalue weighted by atomic mass is 10.2. The number of piperazine rings is 1. The van der Waals surface area contributed by atoms with E-state index in [0.29, 0.717) is 24.5 Å². The zero-order chi connectivity index (χ0) is 14.5. The molecule has 20 heavy (non-hydrogen) atoms. The fourth-order valence-electron chi connectivity index (χ4n) is 2.03. The molecule has 1 fully saturated rings. The van der Waals surface area contributed by atoms with Crippen LogP contribution in [-0.2, 0) is 4.79 Å². The van der Waals surface area contributed by atoms with Crippen LogP contribution in [0.2, 0.25) is 0 Å². The summed E-state index contributed by atoms with van der Waals surface area (Å²) in [6, 6.07) is 3.42. The molecule has 0 bridgehead atoms. The van der Waals surface area contributed by atoms with Crippen molar-refractivity contribution in [1.29, 1.82) is 0 Å². The van der Waals surface area contributed by atoms with Crippen LogP contribution in [0.15, 0.2) is 18.3 Å². The number of likely N-dealkylation sites (N-methyl/N-ethyl adjacent to an activating group) is 1. The van der Waals surface area contributed by atoms with E-state index in [1.54, 1.807) is 35.2 Å². The van der Waals surface area contributed by atoms with Crippen molar-refractivity contribution in [2.45, 2.75) is 13.3 Å². The van der Waals surface area contributed by atoms with Crippen molar-refractivity contribution in [3.8, 4) is 0 Å². The third-order valence-electron chi connectivity index (χ3n) is 3.31. The highest BCUT2D eigenvalue weighted by Crippen LogP contribution is 2.12. The predicted octanol–water partition coefficient (Wildman–Crippen LogP) is 0.818. The summed E-state index contributed by atoms with van der Waals surface area (Å²) < 4.78 is 0. The number of aromatic nitrogens is 1. The number of amides is 2. The molecule has 0 radical (unpaired) electrons. The molecule has 2 rings (SSSR count). The average molecular weight is 276 g/mol. The number of rotatable bonds is 4. The van der Waals surface area contributed by atoms with Crippen LogP contribution in [0.4, 0.5) is 5.82 Å². The topological polar surface area (TPSA) is 65.5 Å². The second-order valence-corrected chi connectivity index (χ2v) is 4.90. The van der Waals surface area contributed by atoms with Gasteiger partial charge in [-0.1, -0.05) is 6.92 Å². The van der Waals surface area contributed by atoms with Gasteiger partial charge in [-0.05, 0) is 18.6 Å². The van der Waals surface area contributed by atoms with Crippen LogP contribution in [0.3, 0.4) is 0 Å². The minimum absolute atomic E-state index is 0.0250. The smallest absolute Gasteiger partial charge is 0.254 e. The molecule has 1 aromatic rings. The molecular formula is C14H20N4O2. The first-order chi connectivity index (χ1) is 9.61. The molecule has 2 amide bonds. The highest BCUT2D eigenvalue weighted by Gasteiger charge is 2.25. The minimum atomic E-state index is -0.117. The van der Waals surface area contributed by atoms with Gasteiger partial charge in [-0.2, -0.15) is 0 Å². The van der Waals surface area contributed by atoms with Crippen molar-refractivity contribution < 1.29 is 9.59 Å². The van der Waals surface area contributed by atoms with E-state index in [0.717, 1.165) is 13.0 Å². The van der Waals surface area contributed by atoms with E-state index in [-0.39, 0.29) is 18.4 Å². The van der Waals surface area contributed by atoms with Crippen LogP contribution in [0, 0.1) is 0 Å². The summed E-state index contributed by atoms with van der Waals surface area (Å²) in [5.74, 6) is 0.551. The molecule has 1 aliphatic heterocycles. The minimum Gasteiger partial charge on any atom is -0.370 e. The zero-order valence-electron chi connectivity index (χ0n) is 11.9. The summed E-state index contributed by atoms with van der Waals surface area (Å²) in [7, 11) is 1.75. The quantitative estimate of drug-likeness (QED) is 0.884. The van der Waals surface area contributed by atoms with Gasteiger partial charge in [-0.15, -0.1) is 0 Å². The normalized spacial score (nSPS) is 15.4. The molecule has 108 valence electrons.